The SMILES string of the molecule is COc1ccc(O)c(C2=NN[C@H](c3ccccc3F)C2)c1. The maximum absolute atomic E-state index is 13.8. The van der Waals surface area contributed by atoms with E-state index < -0.39 is 0 Å². The first-order valence-electron chi connectivity index (χ1n) is 6.63. The van der Waals surface area contributed by atoms with Crippen LogP contribution in [0.25, 0.3) is 0 Å². The quantitative estimate of drug-likeness (QED) is 0.912. The minimum absolute atomic E-state index is 0.130. The van der Waals surface area contributed by atoms with Crippen molar-refractivity contribution in [2.24, 2.45) is 5.10 Å². The maximum atomic E-state index is 13.8. The highest BCUT2D eigenvalue weighted by Gasteiger charge is 2.25. The summed E-state index contributed by atoms with van der Waals surface area (Å²) in [4.78, 5) is 0. The van der Waals surface area contributed by atoms with Crippen molar-refractivity contribution in [1.82, 2.24) is 5.43 Å². The number of halogens is 1. The van der Waals surface area contributed by atoms with Crippen molar-refractivity contribution in [2.75, 3.05) is 7.11 Å². The Balaban J connectivity index is 1.86. The second-order valence-corrected chi connectivity index (χ2v) is 4.85. The highest BCUT2D eigenvalue weighted by atomic mass is 19.1. The van der Waals surface area contributed by atoms with Crippen molar-refractivity contribution >= 4 is 5.71 Å². The summed E-state index contributed by atoms with van der Waals surface area (Å²) in [7, 11) is 1.56. The molecule has 5 heteroatoms. The number of hydrogen-bond acceptors (Lipinski definition) is 4. The van der Waals surface area contributed by atoms with Gasteiger partial charge in [-0.1, -0.05) is 18.2 Å². The molecule has 0 bridgehead atoms. The number of phenols is 1. The van der Waals surface area contributed by atoms with E-state index in [9.17, 15) is 9.50 Å². The third kappa shape index (κ3) is 2.54. The number of benzene rings is 2. The summed E-state index contributed by atoms with van der Waals surface area (Å²) < 4.78 is 19.0. The molecule has 0 aliphatic carbocycles. The number of phenolic OH excluding ortho intramolecular Hbond substituents is 1. The maximum Gasteiger partial charge on any atom is 0.128 e. The molecule has 0 spiro atoms. The summed E-state index contributed by atoms with van der Waals surface area (Å²) in [5.41, 5.74) is 4.77. The molecule has 0 unspecified atom stereocenters. The average molecular weight is 286 g/mol. The van der Waals surface area contributed by atoms with Gasteiger partial charge in [-0.2, -0.15) is 5.10 Å². The van der Waals surface area contributed by atoms with Gasteiger partial charge >= 0.3 is 0 Å². The Hall–Kier alpha value is -2.56. The Labute approximate surface area is 121 Å². The van der Waals surface area contributed by atoms with Gasteiger partial charge in [-0.25, -0.2) is 4.39 Å². The second-order valence-electron chi connectivity index (χ2n) is 4.85. The van der Waals surface area contributed by atoms with Gasteiger partial charge in [0.1, 0.15) is 17.3 Å². The number of ether oxygens (including phenoxy) is 1. The molecule has 0 saturated heterocycles. The van der Waals surface area contributed by atoms with Gasteiger partial charge in [-0.15, -0.1) is 0 Å². The van der Waals surface area contributed by atoms with Gasteiger partial charge in [0.05, 0.1) is 18.9 Å². The van der Waals surface area contributed by atoms with Crippen LogP contribution < -0.4 is 10.2 Å². The van der Waals surface area contributed by atoms with E-state index in [0.717, 1.165) is 0 Å². The molecule has 1 heterocycles. The number of rotatable bonds is 3. The first-order valence-corrected chi connectivity index (χ1v) is 6.63. The van der Waals surface area contributed by atoms with Crippen LogP contribution in [0.3, 0.4) is 0 Å². The number of nitrogens with one attached hydrogen (secondary N) is 1. The summed E-state index contributed by atoms with van der Waals surface area (Å²) in [6.45, 7) is 0. The minimum Gasteiger partial charge on any atom is -0.507 e. The van der Waals surface area contributed by atoms with E-state index in [1.807, 2.05) is 0 Å². The van der Waals surface area contributed by atoms with Crippen LogP contribution in [0.2, 0.25) is 0 Å². The molecule has 1 atom stereocenters. The van der Waals surface area contributed by atoms with Gasteiger partial charge in [0, 0.05) is 17.5 Å². The van der Waals surface area contributed by atoms with Crippen LogP contribution >= 0.6 is 0 Å². The fourth-order valence-electron chi connectivity index (χ4n) is 2.42. The van der Waals surface area contributed by atoms with Crippen LogP contribution in [0.5, 0.6) is 11.5 Å². The van der Waals surface area contributed by atoms with Gasteiger partial charge in [0.15, 0.2) is 0 Å². The van der Waals surface area contributed by atoms with E-state index >= 15 is 0 Å². The van der Waals surface area contributed by atoms with Crippen LogP contribution in [0, 0.1) is 5.82 Å². The molecule has 1 aliphatic heterocycles. The fourth-order valence-corrected chi connectivity index (χ4v) is 2.42. The molecule has 4 nitrogen and oxygen atoms in total. The van der Waals surface area contributed by atoms with E-state index in [0.29, 0.717) is 29.0 Å². The Morgan fingerprint density at radius 3 is 2.86 bits per heavy atom. The predicted octanol–water partition coefficient (Wildman–Crippen LogP) is 2.98. The van der Waals surface area contributed by atoms with Gasteiger partial charge < -0.3 is 15.3 Å². The van der Waals surface area contributed by atoms with Gasteiger partial charge in [-0.3, -0.25) is 0 Å². The van der Waals surface area contributed by atoms with Crippen molar-refractivity contribution in [3.8, 4) is 11.5 Å². The van der Waals surface area contributed by atoms with Crippen LogP contribution in [-0.2, 0) is 0 Å². The molecule has 1 aliphatic rings. The van der Waals surface area contributed by atoms with Crippen molar-refractivity contribution in [3.05, 3.63) is 59.4 Å². The smallest absolute Gasteiger partial charge is 0.128 e. The zero-order valence-electron chi connectivity index (χ0n) is 11.5. The van der Waals surface area contributed by atoms with Crippen molar-refractivity contribution in [2.45, 2.75) is 12.5 Å². The number of aromatic hydroxyl groups is 1. The molecule has 3 rings (SSSR count). The Morgan fingerprint density at radius 1 is 1.29 bits per heavy atom. The largest absolute Gasteiger partial charge is 0.507 e. The third-order valence-electron chi connectivity index (χ3n) is 3.55. The molecule has 21 heavy (non-hydrogen) atoms. The lowest BCUT2D eigenvalue weighted by Crippen LogP contribution is -2.11. The monoisotopic (exact) mass is 286 g/mol. The van der Waals surface area contributed by atoms with E-state index in [4.69, 9.17) is 4.74 Å². The summed E-state index contributed by atoms with van der Waals surface area (Å²) in [6.07, 6.45) is 0.502. The van der Waals surface area contributed by atoms with E-state index in [1.165, 1.54) is 6.07 Å². The molecule has 108 valence electrons. The molecule has 0 radical (unpaired) electrons. The summed E-state index contributed by atoms with van der Waals surface area (Å²) in [5, 5.41) is 14.2. The highest BCUT2D eigenvalue weighted by Crippen LogP contribution is 2.31. The molecular weight excluding hydrogens is 271 g/mol. The van der Waals surface area contributed by atoms with Crippen LogP contribution in [0.15, 0.2) is 47.6 Å². The topological polar surface area (TPSA) is 53.9 Å². The molecule has 2 N–H and O–H groups in total. The fraction of sp³-hybridized carbons (Fsp3) is 0.188. The summed E-state index contributed by atoms with van der Waals surface area (Å²) in [5.74, 6) is 0.506. The standard InChI is InChI=1S/C16H15FN2O2/c1-21-10-6-7-16(20)12(8-10)15-9-14(18-19-15)11-4-2-3-5-13(11)17/h2-8,14,18,20H,9H2,1H3/t14-/m0/s1. The first kappa shape index (κ1) is 13.4. The highest BCUT2D eigenvalue weighted by molar-refractivity contribution is 6.04. The second kappa shape index (κ2) is 5.44. The summed E-state index contributed by atoms with van der Waals surface area (Å²) >= 11 is 0. The molecule has 0 saturated carbocycles. The number of methoxy groups -OCH3 is 1. The molecule has 0 fully saturated rings. The van der Waals surface area contributed by atoms with E-state index in [2.05, 4.69) is 10.5 Å². The third-order valence-corrected chi connectivity index (χ3v) is 3.55. The molecule has 2 aromatic rings. The van der Waals surface area contributed by atoms with Crippen molar-refractivity contribution in [3.63, 3.8) is 0 Å². The minimum atomic E-state index is -0.263. The molecule has 0 amide bonds. The predicted molar refractivity (Wildman–Crippen MR) is 78.1 cm³/mol. The van der Waals surface area contributed by atoms with Crippen LogP contribution in [-0.4, -0.2) is 17.9 Å². The number of nitrogens with zero attached hydrogens (tertiary/aromatic N) is 1. The average Bonchev–Trinajstić information content (AvgIpc) is 2.97. The first-order chi connectivity index (χ1) is 10.2. The van der Waals surface area contributed by atoms with Crippen molar-refractivity contribution < 1.29 is 14.2 Å². The van der Waals surface area contributed by atoms with Gasteiger partial charge in [0.25, 0.3) is 0 Å². The Bertz CT molecular complexity index is 700. The van der Waals surface area contributed by atoms with Crippen LogP contribution in [0.1, 0.15) is 23.6 Å². The number of hydrazone groups is 1. The summed E-state index contributed by atoms with van der Waals surface area (Å²) in [6, 6.07) is 11.3. The lowest BCUT2D eigenvalue weighted by molar-refractivity contribution is 0.412. The Kier molecular flexibility index (Phi) is 3.48. The zero-order chi connectivity index (χ0) is 14.8. The molecular formula is C16H15FN2O2. The Morgan fingerprint density at radius 2 is 2.10 bits per heavy atom. The lowest BCUT2D eigenvalue weighted by Gasteiger charge is -2.11. The van der Waals surface area contributed by atoms with Crippen LogP contribution in [0.4, 0.5) is 4.39 Å². The van der Waals surface area contributed by atoms with Gasteiger partial charge in [-0.05, 0) is 24.3 Å². The zero-order valence-corrected chi connectivity index (χ0v) is 11.5. The van der Waals surface area contributed by atoms with Gasteiger partial charge in [0.2, 0.25) is 0 Å². The molecule has 2 aromatic carbocycles. The van der Waals surface area contributed by atoms with Crippen molar-refractivity contribution in [1.29, 1.82) is 0 Å². The van der Waals surface area contributed by atoms with E-state index in [-0.39, 0.29) is 17.6 Å². The normalized spacial score (nSPS) is 17.2. The number of hydrogen-bond donors (Lipinski definition) is 2. The van der Waals surface area contributed by atoms with E-state index in [1.54, 1.807) is 43.5 Å². The molecule has 0 aromatic heterocycles. The lowest BCUT2D eigenvalue weighted by atomic mass is 9.98.